The fraction of sp³-hybridized carbons (Fsp3) is 0.933. The first-order valence-electron chi connectivity index (χ1n) is 13.9. The van der Waals surface area contributed by atoms with Gasteiger partial charge < -0.3 is 10.2 Å². The summed E-state index contributed by atoms with van der Waals surface area (Å²) in [5.41, 5.74) is 3.27. The van der Waals surface area contributed by atoms with Gasteiger partial charge in [-0.25, -0.2) is 0 Å². The van der Waals surface area contributed by atoms with E-state index in [1.54, 1.807) is 0 Å². The molecule has 5 fully saturated rings. The quantitative estimate of drug-likeness (QED) is 0.454. The third-order valence-electron chi connectivity index (χ3n) is 13.0. The fourth-order valence-electron chi connectivity index (χ4n) is 11.3. The van der Waals surface area contributed by atoms with Crippen molar-refractivity contribution >= 4 is 0 Å². The Hall–Kier alpha value is -0.340. The molecule has 32 heavy (non-hydrogen) atoms. The van der Waals surface area contributed by atoms with Gasteiger partial charge in [-0.2, -0.15) is 0 Å². The van der Waals surface area contributed by atoms with E-state index in [1.807, 2.05) is 0 Å². The maximum absolute atomic E-state index is 10.8. The van der Waals surface area contributed by atoms with Crippen LogP contribution in [-0.2, 0) is 0 Å². The van der Waals surface area contributed by atoms with Gasteiger partial charge in [0, 0.05) is 0 Å². The monoisotopic (exact) mass is 442 g/mol. The van der Waals surface area contributed by atoms with E-state index in [2.05, 4.69) is 54.5 Å². The second-order valence-corrected chi connectivity index (χ2v) is 14.6. The van der Waals surface area contributed by atoms with E-state index in [1.165, 1.54) is 56.9 Å². The second-order valence-electron chi connectivity index (χ2n) is 14.6. The Labute approximate surface area is 197 Å². The molecule has 2 N–H and O–H groups in total. The third-order valence-corrected chi connectivity index (χ3v) is 13.0. The Bertz CT molecular complexity index is 795. The predicted octanol–water partition coefficient (Wildman–Crippen LogP) is 7.14. The average molecular weight is 443 g/mol. The van der Waals surface area contributed by atoms with Crippen LogP contribution in [0.5, 0.6) is 0 Å². The highest BCUT2D eigenvalue weighted by Gasteiger charge is 2.82. The van der Waals surface area contributed by atoms with Crippen LogP contribution in [0.3, 0.4) is 0 Å². The Kier molecular flexibility index (Phi) is 5.19. The largest absolute Gasteiger partial charge is 0.393 e. The van der Waals surface area contributed by atoms with Crippen LogP contribution in [0.2, 0.25) is 0 Å². The summed E-state index contributed by atoms with van der Waals surface area (Å²) in [6.07, 6.45) is 14.6. The van der Waals surface area contributed by atoms with Crippen LogP contribution in [-0.4, -0.2) is 22.4 Å². The summed E-state index contributed by atoms with van der Waals surface area (Å²) in [6, 6.07) is 0. The molecule has 0 aromatic carbocycles. The SMILES string of the molecule is CC(C)=CC(O)CC(C)C1CCC2(C)C3CCC4C(C)(C)C(O)CCC45CC35CCC12C. The van der Waals surface area contributed by atoms with Crippen molar-refractivity contribution in [3.63, 3.8) is 0 Å². The molecule has 2 heteroatoms. The molecule has 0 aliphatic heterocycles. The smallest absolute Gasteiger partial charge is 0.0726 e. The van der Waals surface area contributed by atoms with Crippen molar-refractivity contribution in [3.8, 4) is 0 Å². The zero-order chi connectivity index (χ0) is 23.3. The number of hydrogen-bond donors (Lipinski definition) is 2. The van der Waals surface area contributed by atoms with E-state index in [4.69, 9.17) is 0 Å². The van der Waals surface area contributed by atoms with E-state index in [0.717, 1.165) is 30.6 Å². The summed E-state index contributed by atoms with van der Waals surface area (Å²) in [4.78, 5) is 0. The van der Waals surface area contributed by atoms with Gasteiger partial charge >= 0.3 is 0 Å². The van der Waals surface area contributed by atoms with Gasteiger partial charge in [0.1, 0.15) is 0 Å². The number of rotatable bonds is 4. The molecule has 2 spiro atoms. The molecule has 0 bridgehead atoms. The minimum absolute atomic E-state index is 0.0855. The van der Waals surface area contributed by atoms with Crippen molar-refractivity contribution in [3.05, 3.63) is 11.6 Å². The van der Waals surface area contributed by atoms with Crippen molar-refractivity contribution in [2.45, 2.75) is 125 Å². The molecule has 182 valence electrons. The van der Waals surface area contributed by atoms with Gasteiger partial charge in [-0.05, 0) is 129 Å². The van der Waals surface area contributed by atoms with Crippen molar-refractivity contribution in [1.82, 2.24) is 0 Å². The maximum atomic E-state index is 10.8. The Morgan fingerprint density at radius 1 is 0.875 bits per heavy atom. The highest BCUT2D eigenvalue weighted by Crippen LogP contribution is 2.89. The van der Waals surface area contributed by atoms with Gasteiger partial charge in [0.2, 0.25) is 0 Å². The number of fused-ring (bicyclic) bond motifs is 2. The molecule has 10 unspecified atom stereocenters. The van der Waals surface area contributed by atoms with Crippen LogP contribution < -0.4 is 0 Å². The van der Waals surface area contributed by atoms with Crippen LogP contribution >= 0.6 is 0 Å². The first-order valence-corrected chi connectivity index (χ1v) is 13.9. The molecule has 5 rings (SSSR count). The van der Waals surface area contributed by atoms with E-state index >= 15 is 0 Å². The van der Waals surface area contributed by atoms with E-state index in [-0.39, 0.29) is 17.6 Å². The Morgan fingerprint density at radius 2 is 1.53 bits per heavy atom. The average Bonchev–Trinajstić information content (AvgIpc) is 3.27. The van der Waals surface area contributed by atoms with Crippen LogP contribution in [0, 0.1) is 50.7 Å². The van der Waals surface area contributed by atoms with Gasteiger partial charge in [0.05, 0.1) is 12.2 Å². The Morgan fingerprint density at radius 3 is 2.22 bits per heavy atom. The molecule has 2 nitrogen and oxygen atoms in total. The predicted molar refractivity (Wildman–Crippen MR) is 132 cm³/mol. The van der Waals surface area contributed by atoms with Crippen molar-refractivity contribution in [1.29, 1.82) is 0 Å². The lowest BCUT2D eigenvalue weighted by atomic mass is 9.41. The minimum atomic E-state index is -0.293. The van der Waals surface area contributed by atoms with E-state index in [9.17, 15) is 10.2 Å². The zero-order valence-corrected chi connectivity index (χ0v) is 22.0. The van der Waals surface area contributed by atoms with Crippen molar-refractivity contribution in [2.75, 3.05) is 0 Å². The second kappa shape index (κ2) is 7.09. The summed E-state index contributed by atoms with van der Waals surface area (Å²) in [6.45, 7) is 16.7. The molecule has 0 aromatic heterocycles. The molecule has 5 aliphatic rings. The summed E-state index contributed by atoms with van der Waals surface area (Å²) in [7, 11) is 0. The fourth-order valence-corrected chi connectivity index (χ4v) is 11.3. The van der Waals surface area contributed by atoms with E-state index < -0.39 is 0 Å². The van der Waals surface area contributed by atoms with Crippen LogP contribution in [0.15, 0.2) is 11.6 Å². The summed E-state index contributed by atoms with van der Waals surface area (Å²) < 4.78 is 0. The summed E-state index contributed by atoms with van der Waals surface area (Å²) >= 11 is 0. The number of aliphatic hydroxyl groups is 2. The number of aliphatic hydroxyl groups excluding tert-OH is 2. The lowest BCUT2D eigenvalue weighted by Crippen LogP contribution is -2.57. The van der Waals surface area contributed by atoms with Gasteiger partial charge in [-0.1, -0.05) is 46.3 Å². The highest BCUT2D eigenvalue weighted by molar-refractivity contribution is 5.30. The van der Waals surface area contributed by atoms with Gasteiger partial charge in [0.15, 0.2) is 0 Å². The van der Waals surface area contributed by atoms with Crippen molar-refractivity contribution in [2.24, 2.45) is 50.7 Å². The summed E-state index contributed by atoms with van der Waals surface area (Å²) in [5, 5.41) is 21.5. The standard InChI is InChI=1S/C30H50O2/c1-19(2)16-21(31)17-20(3)22-10-12-28(7)24-9-8-23-26(4,5)25(32)11-13-29(23)18-30(24,29)15-14-27(22,28)6/h16,20-25,31-32H,8-15,17-18H2,1-7H3. The molecule has 0 amide bonds. The molecule has 0 radical (unpaired) electrons. The Balaban J connectivity index is 1.41. The zero-order valence-electron chi connectivity index (χ0n) is 22.0. The van der Waals surface area contributed by atoms with Crippen molar-refractivity contribution < 1.29 is 10.2 Å². The minimum Gasteiger partial charge on any atom is -0.393 e. The van der Waals surface area contributed by atoms with Crippen LogP contribution in [0.25, 0.3) is 0 Å². The van der Waals surface area contributed by atoms with Gasteiger partial charge in [-0.15, -0.1) is 0 Å². The molecule has 0 aromatic rings. The normalized spacial score (nSPS) is 52.7. The van der Waals surface area contributed by atoms with Gasteiger partial charge in [0.25, 0.3) is 0 Å². The molecule has 0 heterocycles. The third kappa shape index (κ3) is 2.78. The molecular formula is C30H50O2. The maximum Gasteiger partial charge on any atom is 0.0726 e. The highest BCUT2D eigenvalue weighted by atomic mass is 16.3. The first-order chi connectivity index (χ1) is 14.8. The topological polar surface area (TPSA) is 40.5 Å². The molecular weight excluding hydrogens is 392 g/mol. The lowest BCUT2D eigenvalue weighted by Gasteiger charge is -2.63. The molecule has 5 saturated carbocycles. The summed E-state index contributed by atoms with van der Waals surface area (Å²) in [5.74, 6) is 2.91. The van der Waals surface area contributed by atoms with Crippen LogP contribution in [0.4, 0.5) is 0 Å². The molecule has 0 saturated heterocycles. The van der Waals surface area contributed by atoms with Gasteiger partial charge in [-0.3, -0.25) is 0 Å². The first kappa shape index (κ1) is 23.4. The number of allylic oxidation sites excluding steroid dienone is 1. The van der Waals surface area contributed by atoms with Crippen LogP contribution in [0.1, 0.15) is 113 Å². The molecule has 5 aliphatic carbocycles. The van der Waals surface area contributed by atoms with E-state index in [0.29, 0.717) is 27.6 Å². The molecule has 10 atom stereocenters. The lowest BCUT2D eigenvalue weighted by molar-refractivity contribution is -0.161. The number of hydrogen-bond acceptors (Lipinski definition) is 2.